The van der Waals surface area contributed by atoms with Gasteiger partial charge in [-0.2, -0.15) is 0 Å². The fourth-order valence-electron chi connectivity index (χ4n) is 3.31. The van der Waals surface area contributed by atoms with Crippen molar-refractivity contribution < 1.29 is 13.9 Å². The molecule has 3 aromatic carbocycles. The monoisotopic (exact) mass is 472 g/mol. The first-order chi connectivity index (χ1) is 16.7. The minimum atomic E-state index is -0.313. The Morgan fingerprint density at radius 3 is 2.09 bits per heavy atom. The highest BCUT2D eigenvalue weighted by Gasteiger charge is 2.13. The summed E-state index contributed by atoms with van der Waals surface area (Å²) in [4.78, 5) is 17.0. The van der Waals surface area contributed by atoms with Crippen molar-refractivity contribution in [2.24, 2.45) is 4.99 Å². The van der Waals surface area contributed by atoms with Crippen LogP contribution >= 0.6 is 0 Å². The molecule has 0 spiro atoms. The lowest BCUT2D eigenvalue weighted by Gasteiger charge is -2.23. The molecule has 3 aromatic rings. The average Bonchev–Trinajstić information content (AvgIpc) is 2.84. The van der Waals surface area contributed by atoms with E-state index in [1.807, 2.05) is 43.3 Å². The molecule has 0 aliphatic carbocycles. The number of hydrogen-bond donors (Lipinski definition) is 1. The van der Waals surface area contributed by atoms with Gasteiger partial charge < -0.3 is 10.1 Å². The van der Waals surface area contributed by atoms with Gasteiger partial charge in [0.05, 0.1) is 21.1 Å². The normalized spacial score (nSPS) is 12.3. The number of amides is 1. The van der Waals surface area contributed by atoms with Gasteiger partial charge in [0.2, 0.25) is 0 Å². The van der Waals surface area contributed by atoms with Gasteiger partial charge in [0.1, 0.15) is 28.7 Å². The number of nitrogens with one attached hydrogen (secondary N) is 1. The van der Waals surface area contributed by atoms with Crippen molar-refractivity contribution in [1.29, 1.82) is 0 Å². The highest BCUT2D eigenvalue weighted by Crippen LogP contribution is 2.24. The number of halogens is 1. The van der Waals surface area contributed by atoms with Crippen LogP contribution in [-0.2, 0) is 11.3 Å². The minimum absolute atomic E-state index is 0.270. The highest BCUT2D eigenvalue weighted by molar-refractivity contribution is 6.44. The molecule has 0 fully saturated rings. The lowest BCUT2D eigenvalue weighted by atomic mass is 10.1. The Kier molecular flexibility index (Phi) is 8.34. The van der Waals surface area contributed by atoms with Gasteiger partial charge >= 0.3 is 0 Å². The van der Waals surface area contributed by atoms with Crippen LogP contribution in [0.3, 0.4) is 0 Å². The van der Waals surface area contributed by atoms with Crippen molar-refractivity contribution in [1.82, 2.24) is 9.80 Å². The van der Waals surface area contributed by atoms with Crippen LogP contribution in [0.4, 0.5) is 10.1 Å². The fraction of sp³-hybridized carbons (Fsp3) is 0.172. The van der Waals surface area contributed by atoms with Crippen LogP contribution in [0.2, 0.25) is 0 Å². The van der Waals surface area contributed by atoms with Gasteiger partial charge in [0, 0.05) is 12.7 Å². The van der Waals surface area contributed by atoms with Gasteiger partial charge in [-0.3, -0.25) is 14.3 Å². The molecule has 180 valence electrons. The zero-order valence-corrected chi connectivity index (χ0v) is 20.6. The van der Waals surface area contributed by atoms with Crippen molar-refractivity contribution >= 4 is 22.9 Å². The maximum absolute atomic E-state index is 13.1. The summed E-state index contributed by atoms with van der Waals surface area (Å²) < 4.78 is 19.5. The lowest BCUT2D eigenvalue weighted by Crippen LogP contribution is -2.34. The average molecular weight is 473 g/mol. The summed E-state index contributed by atoms with van der Waals surface area (Å²) in [6.07, 6.45) is 3.08. The topological polar surface area (TPSA) is 50.7 Å². The standard InChI is InChI=1S/C29H30FN3O2/c1-6-31-28(29(34)32-20-22-7-13-25(14-8-22)33(3,4)5)19-21(2)23-9-15-26(16-10-23)35-27-17-11-24(30)12-18-27/h6-19H,1,20H2,2-5H3/p+1/b21-19+,31-28?. The van der Waals surface area contributed by atoms with Crippen LogP contribution in [0.5, 0.6) is 11.5 Å². The number of quaternary nitrogens is 1. The first-order valence-corrected chi connectivity index (χ1v) is 11.3. The van der Waals surface area contributed by atoms with E-state index < -0.39 is 0 Å². The van der Waals surface area contributed by atoms with E-state index in [1.54, 1.807) is 18.2 Å². The molecule has 0 saturated carbocycles. The van der Waals surface area contributed by atoms with Crippen LogP contribution in [0.25, 0.3) is 5.57 Å². The number of aliphatic imine (C=N–C) groups is 1. The molecule has 0 atom stereocenters. The van der Waals surface area contributed by atoms with E-state index in [4.69, 9.17) is 4.74 Å². The van der Waals surface area contributed by atoms with Crippen molar-refractivity contribution in [3.63, 3.8) is 0 Å². The lowest BCUT2D eigenvalue weighted by molar-refractivity contribution is -0.114. The van der Waals surface area contributed by atoms with E-state index >= 15 is 0 Å². The van der Waals surface area contributed by atoms with Crippen LogP contribution in [0, 0.1) is 5.82 Å². The molecular weight excluding hydrogens is 441 g/mol. The number of benzene rings is 3. The summed E-state index contributed by atoms with van der Waals surface area (Å²) in [5, 5.41) is 2.93. The van der Waals surface area contributed by atoms with Gasteiger partial charge in [-0.25, -0.2) is 4.39 Å². The third kappa shape index (κ3) is 7.48. The summed E-state index contributed by atoms with van der Waals surface area (Å²) in [5.41, 5.74) is 4.23. The van der Waals surface area contributed by atoms with Gasteiger partial charge in [0.25, 0.3) is 5.91 Å². The predicted molar refractivity (Wildman–Crippen MR) is 142 cm³/mol. The Hall–Kier alpha value is -4.03. The third-order valence-corrected chi connectivity index (χ3v) is 5.34. The summed E-state index contributed by atoms with van der Waals surface area (Å²) in [5.74, 6) is 0.584. The number of ether oxygens (including phenoxy) is 1. The van der Waals surface area contributed by atoms with Gasteiger partial charge in [-0.15, -0.1) is 0 Å². The van der Waals surface area contributed by atoms with Crippen LogP contribution in [-0.4, -0.2) is 32.8 Å². The van der Waals surface area contributed by atoms with E-state index in [9.17, 15) is 9.18 Å². The molecule has 1 amide bonds. The van der Waals surface area contributed by atoms with Crippen LogP contribution < -0.4 is 14.5 Å². The first kappa shape index (κ1) is 25.6. The molecule has 0 saturated heterocycles. The highest BCUT2D eigenvalue weighted by atomic mass is 19.1. The number of nitrogens with zero attached hydrogens (tertiary/aromatic N) is 2. The molecule has 1 N–H and O–H groups in total. The molecule has 35 heavy (non-hydrogen) atoms. The summed E-state index contributed by atoms with van der Waals surface area (Å²) in [6.45, 7) is 5.94. The Bertz CT molecular complexity index is 1220. The third-order valence-electron chi connectivity index (χ3n) is 5.34. The van der Waals surface area contributed by atoms with Gasteiger partial charge in [-0.1, -0.05) is 30.8 Å². The molecule has 0 unspecified atom stereocenters. The van der Waals surface area contributed by atoms with Gasteiger partial charge in [-0.05, 0) is 78.2 Å². The number of rotatable bonds is 9. The number of carbonyl (C=O) groups is 1. The van der Waals surface area contributed by atoms with E-state index in [-0.39, 0.29) is 17.4 Å². The number of allylic oxidation sites excluding steroid dienone is 1. The SMILES string of the molecule is C=CN=C(/C=C(\C)c1ccc(Oc2ccc(F)cc2)cc1)C(=O)NCc1ccc([N+](C)(C)C)cc1. The van der Waals surface area contributed by atoms with E-state index in [1.165, 1.54) is 24.0 Å². The molecule has 5 nitrogen and oxygen atoms in total. The fourth-order valence-corrected chi connectivity index (χ4v) is 3.31. The Balaban J connectivity index is 1.65. The Morgan fingerprint density at radius 2 is 1.54 bits per heavy atom. The van der Waals surface area contributed by atoms with Crippen molar-refractivity contribution in [3.8, 4) is 11.5 Å². The molecule has 3 rings (SSSR count). The maximum Gasteiger partial charge on any atom is 0.270 e. The van der Waals surface area contributed by atoms with Crippen molar-refractivity contribution in [2.75, 3.05) is 21.1 Å². The van der Waals surface area contributed by atoms with E-state index in [0.29, 0.717) is 18.0 Å². The van der Waals surface area contributed by atoms with E-state index in [2.05, 4.69) is 50.2 Å². The molecule has 0 heterocycles. The second-order valence-electron chi connectivity index (χ2n) is 8.97. The number of hydrogen-bond acceptors (Lipinski definition) is 3. The molecule has 0 aromatic heterocycles. The summed E-state index contributed by atoms with van der Waals surface area (Å²) >= 11 is 0. The second-order valence-corrected chi connectivity index (χ2v) is 8.97. The molecule has 0 aliphatic heterocycles. The quantitative estimate of drug-likeness (QED) is 0.301. The Labute approximate surface area is 206 Å². The van der Waals surface area contributed by atoms with E-state index in [0.717, 1.165) is 21.2 Å². The smallest absolute Gasteiger partial charge is 0.270 e. The largest absolute Gasteiger partial charge is 0.457 e. The predicted octanol–water partition coefficient (Wildman–Crippen LogP) is 6.12. The zero-order chi connectivity index (χ0) is 25.4. The first-order valence-electron chi connectivity index (χ1n) is 11.3. The minimum Gasteiger partial charge on any atom is -0.457 e. The molecule has 0 radical (unpaired) electrons. The molecule has 0 bridgehead atoms. The molecular formula is C29H31FN3O2+. The second kappa shape index (κ2) is 11.4. The molecule has 0 aliphatic rings. The van der Waals surface area contributed by atoms with Gasteiger partial charge in [0.15, 0.2) is 0 Å². The molecule has 6 heteroatoms. The number of carbonyl (C=O) groups excluding carboxylic acids is 1. The zero-order valence-electron chi connectivity index (χ0n) is 20.6. The van der Waals surface area contributed by atoms with Crippen molar-refractivity contribution in [2.45, 2.75) is 13.5 Å². The summed E-state index contributed by atoms with van der Waals surface area (Å²) in [7, 11) is 6.32. The summed E-state index contributed by atoms with van der Waals surface area (Å²) in [6, 6.07) is 21.4. The Morgan fingerprint density at radius 1 is 0.971 bits per heavy atom. The van der Waals surface area contributed by atoms with Crippen LogP contribution in [0.1, 0.15) is 18.1 Å². The van der Waals surface area contributed by atoms with Crippen molar-refractivity contribution in [3.05, 3.63) is 109 Å². The maximum atomic E-state index is 13.1. The van der Waals surface area contributed by atoms with Crippen LogP contribution in [0.15, 0.2) is 96.6 Å².